The van der Waals surface area contributed by atoms with Gasteiger partial charge in [0, 0.05) is 0 Å². The van der Waals surface area contributed by atoms with Crippen LogP contribution in [0.15, 0.2) is 23.5 Å². The van der Waals surface area contributed by atoms with Gasteiger partial charge in [-0.05, 0) is 15.9 Å². The van der Waals surface area contributed by atoms with Crippen molar-refractivity contribution < 1.29 is 4.39 Å². The van der Waals surface area contributed by atoms with Crippen LogP contribution in [-0.4, -0.2) is 24.7 Å². The van der Waals surface area contributed by atoms with E-state index in [1.807, 2.05) is 0 Å². The highest BCUT2D eigenvalue weighted by atomic mass is 79.9. The third-order valence-corrected chi connectivity index (χ3v) is 2.05. The fourth-order valence-electron chi connectivity index (χ4n) is 0.817. The van der Waals surface area contributed by atoms with E-state index < -0.39 is 5.95 Å². The van der Waals surface area contributed by atoms with Crippen LogP contribution < -0.4 is 0 Å². The SMILES string of the molecule is Fc1ncnc(-n2cncn2)c1Br. The summed E-state index contributed by atoms with van der Waals surface area (Å²) in [6.45, 7) is 0. The van der Waals surface area contributed by atoms with Crippen LogP contribution in [0.25, 0.3) is 5.82 Å². The summed E-state index contributed by atoms with van der Waals surface area (Å²) >= 11 is 3.01. The average molecular weight is 244 g/mol. The molecule has 0 unspecified atom stereocenters. The Morgan fingerprint density at radius 1 is 1.31 bits per heavy atom. The van der Waals surface area contributed by atoms with Gasteiger partial charge in [-0.1, -0.05) is 0 Å². The molecule has 0 amide bonds. The second kappa shape index (κ2) is 3.17. The van der Waals surface area contributed by atoms with E-state index in [2.05, 4.69) is 36.0 Å². The van der Waals surface area contributed by atoms with E-state index in [4.69, 9.17) is 0 Å². The van der Waals surface area contributed by atoms with Gasteiger partial charge in [-0.25, -0.2) is 19.6 Å². The van der Waals surface area contributed by atoms with Gasteiger partial charge < -0.3 is 0 Å². The maximum atomic E-state index is 12.9. The Bertz CT molecular complexity index is 415. The van der Waals surface area contributed by atoms with Crippen LogP contribution >= 0.6 is 15.9 Å². The maximum Gasteiger partial charge on any atom is 0.232 e. The molecule has 66 valence electrons. The summed E-state index contributed by atoms with van der Waals surface area (Å²) in [5.74, 6) is -0.300. The molecule has 13 heavy (non-hydrogen) atoms. The molecule has 0 saturated heterocycles. The van der Waals surface area contributed by atoms with E-state index in [-0.39, 0.29) is 4.47 Å². The van der Waals surface area contributed by atoms with Crippen molar-refractivity contribution in [2.24, 2.45) is 0 Å². The van der Waals surface area contributed by atoms with Crippen LogP contribution in [-0.2, 0) is 0 Å². The van der Waals surface area contributed by atoms with Crippen molar-refractivity contribution in [3.8, 4) is 5.82 Å². The average Bonchev–Trinajstić information content (AvgIpc) is 2.62. The van der Waals surface area contributed by atoms with Gasteiger partial charge in [0.05, 0.1) is 0 Å². The monoisotopic (exact) mass is 243 g/mol. The van der Waals surface area contributed by atoms with Gasteiger partial charge in [-0.2, -0.15) is 9.49 Å². The Hall–Kier alpha value is -1.37. The topological polar surface area (TPSA) is 56.5 Å². The molecular weight excluding hydrogens is 241 g/mol. The van der Waals surface area contributed by atoms with E-state index in [1.54, 1.807) is 0 Å². The van der Waals surface area contributed by atoms with Crippen LogP contribution in [0, 0.1) is 5.95 Å². The minimum absolute atomic E-state index is 0.167. The lowest BCUT2D eigenvalue weighted by Crippen LogP contribution is -2.01. The maximum absolute atomic E-state index is 12.9. The lowest BCUT2D eigenvalue weighted by atomic mass is 10.6. The largest absolute Gasteiger partial charge is 0.232 e. The van der Waals surface area contributed by atoms with Gasteiger partial charge in [0.15, 0.2) is 5.82 Å². The van der Waals surface area contributed by atoms with Crippen molar-refractivity contribution >= 4 is 15.9 Å². The van der Waals surface area contributed by atoms with Gasteiger partial charge in [-0.15, -0.1) is 0 Å². The van der Waals surface area contributed by atoms with E-state index in [9.17, 15) is 4.39 Å². The van der Waals surface area contributed by atoms with Crippen molar-refractivity contribution in [1.82, 2.24) is 24.7 Å². The number of halogens is 2. The molecule has 0 fully saturated rings. The zero-order valence-electron chi connectivity index (χ0n) is 6.22. The Kier molecular flexibility index (Phi) is 2.01. The Labute approximate surface area is 80.8 Å². The molecule has 2 heterocycles. The van der Waals surface area contributed by atoms with Crippen LogP contribution in [0.2, 0.25) is 0 Å². The molecule has 0 atom stereocenters. The predicted octanol–water partition coefficient (Wildman–Crippen LogP) is 0.959. The first-order valence-corrected chi connectivity index (χ1v) is 4.09. The quantitative estimate of drug-likeness (QED) is 0.701. The Morgan fingerprint density at radius 2 is 2.15 bits per heavy atom. The molecule has 0 aliphatic carbocycles. The minimum Gasteiger partial charge on any atom is -0.223 e. The van der Waals surface area contributed by atoms with Gasteiger partial charge in [0.2, 0.25) is 5.95 Å². The van der Waals surface area contributed by atoms with Crippen LogP contribution in [0.4, 0.5) is 4.39 Å². The summed E-state index contributed by atoms with van der Waals surface area (Å²) in [5, 5.41) is 3.81. The highest BCUT2D eigenvalue weighted by molar-refractivity contribution is 9.10. The van der Waals surface area contributed by atoms with E-state index in [0.717, 1.165) is 6.33 Å². The standard InChI is InChI=1S/C6H3BrFN5/c7-4-5(8)10-2-11-6(4)13-3-9-1-12-13/h1-3H. The Balaban J connectivity index is 2.59. The summed E-state index contributed by atoms with van der Waals surface area (Å²) in [4.78, 5) is 10.9. The first-order valence-electron chi connectivity index (χ1n) is 3.30. The molecule has 7 heteroatoms. The summed E-state index contributed by atoms with van der Waals surface area (Å²) in [6.07, 6.45) is 3.89. The summed E-state index contributed by atoms with van der Waals surface area (Å²) in [5.41, 5.74) is 0. The van der Waals surface area contributed by atoms with Gasteiger partial charge in [0.25, 0.3) is 0 Å². The molecule has 2 aromatic heterocycles. The van der Waals surface area contributed by atoms with Crippen LogP contribution in [0.1, 0.15) is 0 Å². The normalized spacial score (nSPS) is 10.3. The van der Waals surface area contributed by atoms with Crippen LogP contribution in [0.3, 0.4) is 0 Å². The molecule has 2 aromatic rings. The van der Waals surface area contributed by atoms with Gasteiger partial charge in [-0.3, -0.25) is 0 Å². The molecule has 0 N–H and O–H groups in total. The number of hydrogen-bond acceptors (Lipinski definition) is 4. The minimum atomic E-state index is -0.625. The molecule has 0 aliphatic heterocycles. The molecule has 0 spiro atoms. The second-order valence-corrected chi connectivity index (χ2v) is 2.94. The Morgan fingerprint density at radius 3 is 2.85 bits per heavy atom. The molecule has 5 nitrogen and oxygen atoms in total. The zero-order chi connectivity index (χ0) is 9.26. The van der Waals surface area contributed by atoms with E-state index >= 15 is 0 Å². The zero-order valence-corrected chi connectivity index (χ0v) is 7.81. The molecule has 2 rings (SSSR count). The fourth-order valence-corrected chi connectivity index (χ4v) is 1.20. The van der Waals surface area contributed by atoms with Crippen molar-refractivity contribution in [2.45, 2.75) is 0 Å². The molecule has 0 radical (unpaired) electrons. The molecule has 0 aliphatic rings. The third-order valence-electron chi connectivity index (χ3n) is 1.36. The first kappa shape index (κ1) is 8.24. The van der Waals surface area contributed by atoms with Gasteiger partial charge in [0.1, 0.15) is 23.5 Å². The lowest BCUT2D eigenvalue weighted by Gasteiger charge is -2.00. The van der Waals surface area contributed by atoms with E-state index in [1.165, 1.54) is 17.3 Å². The number of nitrogens with zero attached hydrogens (tertiary/aromatic N) is 5. The van der Waals surface area contributed by atoms with Crippen molar-refractivity contribution in [2.75, 3.05) is 0 Å². The number of aromatic nitrogens is 5. The van der Waals surface area contributed by atoms with Crippen LogP contribution in [0.5, 0.6) is 0 Å². The molecule has 0 saturated carbocycles. The van der Waals surface area contributed by atoms with Crippen molar-refractivity contribution in [3.05, 3.63) is 29.4 Å². The second-order valence-electron chi connectivity index (χ2n) is 2.14. The highest BCUT2D eigenvalue weighted by Crippen LogP contribution is 2.18. The summed E-state index contributed by atoms with van der Waals surface area (Å²) in [6, 6.07) is 0. The van der Waals surface area contributed by atoms with Crippen molar-refractivity contribution in [1.29, 1.82) is 0 Å². The fraction of sp³-hybridized carbons (Fsp3) is 0. The lowest BCUT2D eigenvalue weighted by molar-refractivity contribution is 0.567. The van der Waals surface area contributed by atoms with Gasteiger partial charge >= 0.3 is 0 Å². The molecule has 0 aromatic carbocycles. The molecule has 0 bridgehead atoms. The summed E-state index contributed by atoms with van der Waals surface area (Å²) in [7, 11) is 0. The smallest absolute Gasteiger partial charge is 0.223 e. The van der Waals surface area contributed by atoms with Crippen molar-refractivity contribution in [3.63, 3.8) is 0 Å². The number of rotatable bonds is 1. The van der Waals surface area contributed by atoms with E-state index in [0.29, 0.717) is 5.82 Å². The first-order chi connectivity index (χ1) is 6.29. The summed E-state index contributed by atoms with van der Waals surface area (Å²) < 4.78 is 14.4. The third kappa shape index (κ3) is 1.42. The molecular formula is C6H3BrFN5. The highest BCUT2D eigenvalue weighted by Gasteiger charge is 2.09. The number of hydrogen-bond donors (Lipinski definition) is 0. The predicted molar refractivity (Wildman–Crippen MR) is 44.6 cm³/mol.